The van der Waals surface area contributed by atoms with Gasteiger partial charge in [-0.2, -0.15) is 0 Å². The molecule has 5 heteroatoms. The molecule has 2 heterocycles. The number of nitrogen functional groups attached to an aromatic ring is 1. The number of nitrogens with zero attached hydrogens (tertiary/aromatic N) is 2. The van der Waals surface area contributed by atoms with Crippen molar-refractivity contribution in [1.82, 2.24) is 9.55 Å². The summed E-state index contributed by atoms with van der Waals surface area (Å²) in [7, 11) is 0. The van der Waals surface area contributed by atoms with Crippen LogP contribution in [0.2, 0.25) is 0 Å². The van der Waals surface area contributed by atoms with Crippen molar-refractivity contribution in [3.63, 3.8) is 0 Å². The Kier molecular flexibility index (Phi) is 2.54. The highest BCUT2D eigenvalue weighted by Gasteiger charge is 2.14. The van der Waals surface area contributed by atoms with Gasteiger partial charge in [0.1, 0.15) is 0 Å². The lowest BCUT2D eigenvalue weighted by atomic mass is 10.2. The number of anilines is 1. The molecular weight excluding hydrogens is 266 g/mol. The largest absolute Gasteiger partial charge is 0.454 e. The number of ether oxygens (including phenoxy) is 2. The molecule has 0 spiro atoms. The molecule has 0 atom stereocenters. The number of aromatic nitrogens is 2. The molecule has 5 nitrogen and oxygen atoms in total. The number of fused-ring (bicyclic) bond motifs is 2. The van der Waals surface area contributed by atoms with Gasteiger partial charge in [-0.05, 0) is 42.3 Å². The number of benzene rings is 2. The molecule has 1 aliphatic heterocycles. The molecule has 1 aromatic heterocycles. The van der Waals surface area contributed by atoms with E-state index >= 15 is 0 Å². The Labute approximate surface area is 121 Å². The molecule has 0 radical (unpaired) electrons. The van der Waals surface area contributed by atoms with Crippen molar-refractivity contribution >= 4 is 17.0 Å². The third kappa shape index (κ3) is 1.98. The maximum atomic E-state index is 6.06. The molecule has 0 bridgehead atoms. The zero-order valence-corrected chi connectivity index (χ0v) is 11.7. The van der Waals surface area contributed by atoms with Crippen LogP contribution in [0.25, 0.3) is 11.0 Å². The number of imidazole rings is 1. The quantitative estimate of drug-likeness (QED) is 0.784. The Hall–Kier alpha value is -2.69. The second kappa shape index (κ2) is 4.41. The molecule has 0 amide bonds. The van der Waals surface area contributed by atoms with E-state index in [1.165, 1.54) is 5.56 Å². The number of nitrogens with two attached hydrogens (primary N) is 1. The standard InChI is InChI=1S/C16H15N3O2/c1-10-2-4-12-13(6-10)19(16(17)18-12)8-11-3-5-14-15(7-11)21-9-20-14/h2-7H,8-9H2,1H3,(H2,17,18). The summed E-state index contributed by atoms with van der Waals surface area (Å²) in [4.78, 5) is 4.41. The van der Waals surface area contributed by atoms with Crippen molar-refractivity contribution < 1.29 is 9.47 Å². The second-order valence-electron chi connectivity index (χ2n) is 5.24. The lowest BCUT2D eigenvalue weighted by molar-refractivity contribution is 0.174. The van der Waals surface area contributed by atoms with E-state index in [-0.39, 0.29) is 6.79 Å². The molecular formula is C16H15N3O2. The average Bonchev–Trinajstić information content (AvgIpc) is 3.04. The first-order valence-corrected chi connectivity index (χ1v) is 6.81. The van der Waals surface area contributed by atoms with Gasteiger partial charge in [0, 0.05) is 0 Å². The van der Waals surface area contributed by atoms with Crippen molar-refractivity contribution in [2.45, 2.75) is 13.5 Å². The smallest absolute Gasteiger partial charge is 0.231 e. The minimum Gasteiger partial charge on any atom is -0.454 e. The van der Waals surface area contributed by atoms with Crippen molar-refractivity contribution in [2.75, 3.05) is 12.5 Å². The topological polar surface area (TPSA) is 62.3 Å². The van der Waals surface area contributed by atoms with Gasteiger partial charge in [-0.25, -0.2) is 4.98 Å². The fourth-order valence-corrected chi connectivity index (χ4v) is 2.64. The van der Waals surface area contributed by atoms with Gasteiger partial charge in [-0.15, -0.1) is 0 Å². The fraction of sp³-hybridized carbons (Fsp3) is 0.188. The van der Waals surface area contributed by atoms with Crippen LogP contribution in [0.1, 0.15) is 11.1 Å². The van der Waals surface area contributed by atoms with Gasteiger partial charge in [-0.3, -0.25) is 0 Å². The summed E-state index contributed by atoms with van der Waals surface area (Å²) in [5.41, 5.74) is 10.3. The third-order valence-electron chi connectivity index (χ3n) is 3.71. The van der Waals surface area contributed by atoms with E-state index in [1.807, 2.05) is 34.9 Å². The first-order chi connectivity index (χ1) is 10.2. The van der Waals surface area contributed by atoms with Gasteiger partial charge in [-0.1, -0.05) is 12.1 Å². The van der Waals surface area contributed by atoms with Crippen LogP contribution >= 0.6 is 0 Å². The van der Waals surface area contributed by atoms with Crippen LogP contribution in [0.15, 0.2) is 36.4 Å². The van der Waals surface area contributed by atoms with Crippen molar-refractivity contribution in [3.05, 3.63) is 47.5 Å². The lowest BCUT2D eigenvalue weighted by Crippen LogP contribution is -2.04. The van der Waals surface area contributed by atoms with Gasteiger partial charge in [0.25, 0.3) is 0 Å². The Morgan fingerprint density at radius 1 is 1.14 bits per heavy atom. The van der Waals surface area contributed by atoms with Crippen LogP contribution in [-0.2, 0) is 6.54 Å². The molecule has 1 aliphatic rings. The SMILES string of the molecule is Cc1ccc2nc(N)n(Cc3ccc4c(c3)OCO4)c2c1. The first kappa shape index (κ1) is 12.1. The average molecular weight is 281 g/mol. The molecule has 0 saturated carbocycles. The monoisotopic (exact) mass is 281 g/mol. The number of rotatable bonds is 2. The van der Waals surface area contributed by atoms with Gasteiger partial charge >= 0.3 is 0 Å². The highest BCUT2D eigenvalue weighted by atomic mass is 16.7. The molecule has 3 aromatic rings. The Bertz CT molecular complexity index is 839. The highest BCUT2D eigenvalue weighted by molar-refractivity contribution is 5.79. The number of hydrogen-bond donors (Lipinski definition) is 1. The lowest BCUT2D eigenvalue weighted by Gasteiger charge is -2.08. The van der Waals surface area contributed by atoms with Crippen molar-refractivity contribution in [2.24, 2.45) is 0 Å². The Balaban J connectivity index is 1.77. The van der Waals surface area contributed by atoms with Gasteiger partial charge in [0.05, 0.1) is 17.6 Å². The van der Waals surface area contributed by atoms with Crippen molar-refractivity contribution in [1.29, 1.82) is 0 Å². The maximum Gasteiger partial charge on any atom is 0.231 e. The highest BCUT2D eigenvalue weighted by Crippen LogP contribution is 2.33. The van der Waals surface area contributed by atoms with E-state index in [1.54, 1.807) is 0 Å². The summed E-state index contributed by atoms with van der Waals surface area (Å²) < 4.78 is 12.8. The first-order valence-electron chi connectivity index (χ1n) is 6.81. The van der Waals surface area contributed by atoms with Crippen LogP contribution in [-0.4, -0.2) is 16.3 Å². The second-order valence-corrected chi connectivity index (χ2v) is 5.24. The molecule has 4 rings (SSSR count). The molecule has 0 unspecified atom stereocenters. The van der Waals surface area contributed by atoms with Crippen LogP contribution in [0.4, 0.5) is 5.95 Å². The van der Waals surface area contributed by atoms with Crippen LogP contribution in [0.5, 0.6) is 11.5 Å². The van der Waals surface area contributed by atoms with E-state index < -0.39 is 0 Å². The molecule has 106 valence electrons. The van der Waals surface area contributed by atoms with Gasteiger partial charge in [0.15, 0.2) is 11.5 Å². The van der Waals surface area contributed by atoms with Gasteiger partial charge < -0.3 is 19.8 Å². The van der Waals surface area contributed by atoms with Crippen LogP contribution in [0, 0.1) is 6.92 Å². The summed E-state index contributed by atoms with van der Waals surface area (Å²) in [6, 6.07) is 12.1. The minimum absolute atomic E-state index is 0.286. The Morgan fingerprint density at radius 3 is 2.90 bits per heavy atom. The van der Waals surface area contributed by atoms with E-state index in [2.05, 4.69) is 18.0 Å². The van der Waals surface area contributed by atoms with E-state index in [9.17, 15) is 0 Å². The van der Waals surface area contributed by atoms with E-state index in [4.69, 9.17) is 15.2 Å². The van der Waals surface area contributed by atoms with Crippen LogP contribution < -0.4 is 15.2 Å². The minimum atomic E-state index is 0.286. The van der Waals surface area contributed by atoms with E-state index in [0.29, 0.717) is 12.5 Å². The van der Waals surface area contributed by atoms with Crippen LogP contribution in [0.3, 0.4) is 0 Å². The molecule has 0 saturated heterocycles. The third-order valence-corrected chi connectivity index (χ3v) is 3.71. The predicted molar refractivity (Wildman–Crippen MR) is 80.5 cm³/mol. The van der Waals surface area contributed by atoms with Gasteiger partial charge in [0.2, 0.25) is 12.7 Å². The number of hydrogen-bond acceptors (Lipinski definition) is 4. The molecule has 2 N–H and O–H groups in total. The molecule has 2 aromatic carbocycles. The summed E-state index contributed by atoms with van der Waals surface area (Å²) in [5, 5.41) is 0. The summed E-state index contributed by atoms with van der Waals surface area (Å²) in [5.74, 6) is 2.10. The summed E-state index contributed by atoms with van der Waals surface area (Å²) >= 11 is 0. The predicted octanol–water partition coefficient (Wildman–Crippen LogP) is 2.70. The van der Waals surface area contributed by atoms with E-state index in [0.717, 1.165) is 28.1 Å². The molecule has 0 aliphatic carbocycles. The zero-order valence-electron chi connectivity index (χ0n) is 11.7. The Morgan fingerprint density at radius 2 is 2.00 bits per heavy atom. The summed E-state index contributed by atoms with van der Waals surface area (Å²) in [6.45, 7) is 3.00. The summed E-state index contributed by atoms with van der Waals surface area (Å²) in [6.07, 6.45) is 0. The number of aryl methyl sites for hydroxylation is 1. The van der Waals surface area contributed by atoms with Crippen molar-refractivity contribution in [3.8, 4) is 11.5 Å². The molecule has 0 fully saturated rings. The zero-order chi connectivity index (χ0) is 14.4. The molecule has 21 heavy (non-hydrogen) atoms. The fourth-order valence-electron chi connectivity index (χ4n) is 2.64. The normalized spacial score (nSPS) is 13.0. The maximum absolute atomic E-state index is 6.06.